The molecule has 4 heteroatoms. The van der Waals surface area contributed by atoms with Gasteiger partial charge in [-0.05, 0) is 24.3 Å². The average molecular weight is 302 g/mol. The maximum absolute atomic E-state index is 12.4. The van der Waals surface area contributed by atoms with Crippen LogP contribution in [0.3, 0.4) is 0 Å². The first-order valence-electron chi connectivity index (χ1n) is 8.37. The monoisotopic (exact) mass is 302 g/mol. The van der Waals surface area contributed by atoms with Crippen LogP contribution in [0.15, 0.2) is 30.3 Å². The van der Waals surface area contributed by atoms with E-state index in [9.17, 15) is 4.79 Å². The zero-order valence-corrected chi connectivity index (χ0v) is 13.3. The number of nitrogens with zero attached hydrogens (tertiary/aromatic N) is 1. The molecule has 2 heterocycles. The minimum atomic E-state index is 0.143. The van der Waals surface area contributed by atoms with Gasteiger partial charge >= 0.3 is 0 Å². The van der Waals surface area contributed by atoms with Crippen molar-refractivity contribution in [3.05, 3.63) is 35.9 Å². The lowest BCUT2D eigenvalue weighted by Gasteiger charge is -2.24. The molecule has 0 saturated carbocycles. The van der Waals surface area contributed by atoms with Crippen LogP contribution in [0.4, 0.5) is 0 Å². The zero-order chi connectivity index (χ0) is 15.4. The second-order valence-electron chi connectivity index (χ2n) is 6.66. The first kappa shape index (κ1) is 15.5. The molecule has 0 bridgehead atoms. The summed E-state index contributed by atoms with van der Waals surface area (Å²) < 4.78 is 5.34. The summed E-state index contributed by atoms with van der Waals surface area (Å²) in [6.45, 7) is 6.64. The second kappa shape index (κ2) is 7.25. The highest BCUT2D eigenvalue weighted by Gasteiger charge is 2.32. The van der Waals surface area contributed by atoms with Crippen LogP contribution in [0.2, 0.25) is 0 Å². The van der Waals surface area contributed by atoms with E-state index in [1.165, 1.54) is 5.56 Å². The lowest BCUT2D eigenvalue weighted by molar-refractivity contribution is -0.128. The summed E-state index contributed by atoms with van der Waals surface area (Å²) in [5.41, 5.74) is 1.34. The minimum absolute atomic E-state index is 0.143. The molecule has 3 rings (SSSR count). The van der Waals surface area contributed by atoms with E-state index >= 15 is 0 Å². The predicted octanol–water partition coefficient (Wildman–Crippen LogP) is 2.05. The maximum Gasteiger partial charge on any atom is 0.223 e. The Balaban J connectivity index is 1.51. The van der Waals surface area contributed by atoms with E-state index in [2.05, 4.69) is 41.4 Å². The molecule has 1 N–H and O–H groups in total. The molecule has 0 spiro atoms. The summed E-state index contributed by atoms with van der Waals surface area (Å²) in [5, 5.41) is 3.28. The number of rotatable bonds is 4. The van der Waals surface area contributed by atoms with Crippen LogP contribution in [0, 0.1) is 11.8 Å². The van der Waals surface area contributed by atoms with Crippen molar-refractivity contribution >= 4 is 5.91 Å². The summed E-state index contributed by atoms with van der Waals surface area (Å²) in [4.78, 5) is 14.8. The lowest BCUT2D eigenvalue weighted by atomic mass is 9.98. The van der Waals surface area contributed by atoms with Gasteiger partial charge in [-0.1, -0.05) is 37.3 Å². The topological polar surface area (TPSA) is 41.6 Å². The van der Waals surface area contributed by atoms with Crippen LogP contribution >= 0.6 is 0 Å². The minimum Gasteiger partial charge on any atom is -0.381 e. The van der Waals surface area contributed by atoms with Gasteiger partial charge in [-0.25, -0.2) is 0 Å². The fourth-order valence-corrected chi connectivity index (χ4v) is 3.49. The largest absolute Gasteiger partial charge is 0.381 e. The molecule has 2 saturated heterocycles. The quantitative estimate of drug-likeness (QED) is 0.925. The summed E-state index contributed by atoms with van der Waals surface area (Å²) >= 11 is 0. The first-order chi connectivity index (χ1) is 10.7. The molecular weight excluding hydrogens is 276 g/mol. The Bertz CT molecular complexity index is 485. The van der Waals surface area contributed by atoms with E-state index < -0.39 is 0 Å². The molecule has 0 unspecified atom stereocenters. The van der Waals surface area contributed by atoms with E-state index in [1.54, 1.807) is 0 Å². The third-order valence-electron chi connectivity index (χ3n) is 4.86. The number of nitrogens with one attached hydrogen (secondary N) is 1. The molecule has 2 atom stereocenters. The van der Waals surface area contributed by atoms with Gasteiger partial charge in [-0.3, -0.25) is 9.69 Å². The number of benzene rings is 1. The third-order valence-corrected chi connectivity index (χ3v) is 4.86. The molecule has 0 radical (unpaired) electrons. The Morgan fingerprint density at radius 3 is 2.68 bits per heavy atom. The van der Waals surface area contributed by atoms with Crippen LogP contribution in [0.5, 0.6) is 0 Å². The van der Waals surface area contributed by atoms with Gasteiger partial charge in [0, 0.05) is 44.8 Å². The number of carbonyl (C=O) groups excluding carboxylic acids is 1. The lowest BCUT2D eigenvalue weighted by Crippen LogP contribution is -2.44. The number of ether oxygens (including phenoxy) is 1. The van der Waals surface area contributed by atoms with Gasteiger partial charge in [-0.2, -0.15) is 0 Å². The number of likely N-dealkylation sites (tertiary alicyclic amines) is 1. The summed E-state index contributed by atoms with van der Waals surface area (Å²) in [6, 6.07) is 10.8. The molecule has 2 fully saturated rings. The van der Waals surface area contributed by atoms with Gasteiger partial charge in [0.2, 0.25) is 5.91 Å². The smallest absolute Gasteiger partial charge is 0.223 e. The second-order valence-corrected chi connectivity index (χ2v) is 6.66. The van der Waals surface area contributed by atoms with Gasteiger partial charge in [-0.15, -0.1) is 0 Å². The molecule has 0 aliphatic carbocycles. The van der Waals surface area contributed by atoms with Crippen molar-refractivity contribution in [2.45, 2.75) is 32.4 Å². The first-order valence-corrected chi connectivity index (χ1v) is 8.37. The highest BCUT2D eigenvalue weighted by molar-refractivity contribution is 5.79. The molecule has 22 heavy (non-hydrogen) atoms. The standard InChI is InChI=1S/C18H26N2O2/c1-14-11-20(12-15-5-3-2-4-6-15)13-17(14)19-18(21)16-7-9-22-10-8-16/h2-6,14,16-17H,7-13H2,1H3,(H,19,21)/t14-,17-/m0/s1. The van der Waals surface area contributed by atoms with Gasteiger partial charge in [0.05, 0.1) is 0 Å². The number of carbonyl (C=O) groups is 1. The molecule has 1 amide bonds. The van der Waals surface area contributed by atoms with Crippen molar-refractivity contribution in [3.63, 3.8) is 0 Å². The summed E-state index contributed by atoms with van der Waals surface area (Å²) in [5.74, 6) is 0.873. The van der Waals surface area contributed by atoms with Gasteiger partial charge in [0.1, 0.15) is 0 Å². The van der Waals surface area contributed by atoms with E-state index in [0.717, 1.165) is 45.7 Å². The van der Waals surface area contributed by atoms with Crippen molar-refractivity contribution in [1.29, 1.82) is 0 Å². The molecule has 4 nitrogen and oxygen atoms in total. The van der Waals surface area contributed by atoms with Gasteiger partial charge < -0.3 is 10.1 Å². The van der Waals surface area contributed by atoms with Crippen molar-refractivity contribution in [3.8, 4) is 0 Å². The molecule has 2 aliphatic heterocycles. The van der Waals surface area contributed by atoms with E-state index in [1.807, 2.05) is 6.07 Å². The molecule has 0 aromatic heterocycles. The Hall–Kier alpha value is -1.39. The van der Waals surface area contributed by atoms with Gasteiger partial charge in [0.15, 0.2) is 0 Å². The third kappa shape index (κ3) is 3.87. The van der Waals surface area contributed by atoms with E-state index in [0.29, 0.717) is 5.92 Å². The summed E-state index contributed by atoms with van der Waals surface area (Å²) in [7, 11) is 0. The maximum atomic E-state index is 12.4. The Morgan fingerprint density at radius 1 is 1.23 bits per heavy atom. The van der Waals surface area contributed by atoms with Crippen molar-refractivity contribution in [1.82, 2.24) is 10.2 Å². The molecule has 1 aromatic carbocycles. The number of amides is 1. The Kier molecular flexibility index (Phi) is 5.11. The van der Waals surface area contributed by atoms with Crippen molar-refractivity contribution in [2.75, 3.05) is 26.3 Å². The molecule has 1 aromatic rings. The van der Waals surface area contributed by atoms with Gasteiger partial charge in [0.25, 0.3) is 0 Å². The molecule has 120 valence electrons. The molecule has 2 aliphatic rings. The van der Waals surface area contributed by atoms with Crippen LogP contribution in [-0.4, -0.2) is 43.2 Å². The molecular formula is C18H26N2O2. The van der Waals surface area contributed by atoms with Crippen LogP contribution < -0.4 is 5.32 Å². The van der Waals surface area contributed by atoms with E-state index in [-0.39, 0.29) is 17.9 Å². The SMILES string of the molecule is C[C@H]1CN(Cc2ccccc2)C[C@@H]1NC(=O)C1CCOCC1. The highest BCUT2D eigenvalue weighted by atomic mass is 16.5. The fraction of sp³-hybridized carbons (Fsp3) is 0.611. The van der Waals surface area contributed by atoms with Crippen molar-refractivity contribution in [2.24, 2.45) is 11.8 Å². The highest BCUT2D eigenvalue weighted by Crippen LogP contribution is 2.21. The fourth-order valence-electron chi connectivity index (χ4n) is 3.49. The van der Waals surface area contributed by atoms with Crippen molar-refractivity contribution < 1.29 is 9.53 Å². The van der Waals surface area contributed by atoms with Crippen LogP contribution in [0.25, 0.3) is 0 Å². The zero-order valence-electron chi connectivity index (χ0n) is 13.3. The number of hydrogen-bond donors (Lipinski definition) is 1. The summed E-state index contributed by atoms with van der Waals surface area (Å²) in [6.07, 6.45) is 1.72. The average Bonchev–Trinajstić information content (AvgIpc) is 2.88. The Labute approximate surface area is 132 Å². The Morgan fingerprint density at radius 2 is 1.95 bits per heavy atom. The normalized spacial score (nSPS) is 27.0. The predicted molar refractivity (Wildman–Crippen MR) is 86.4 cm³/mol. The van der Waals surface area contributed by atoms with Crippen LogP contribution in [0.1, 0.15) is 25.3 Å². The van der Waals surface area contributed by atoms with Crippen LogP contribution in [-0.2, 0) is 16.1 Å². The number of hydrogen-bond acceptors (Lipinski definition) is 3. The van der Waals surface area contributed by atoms with E-state index in [4.69, 9.17) is 4.74 Å².